The van der Waals surface area contributed by atoms with Crippen molar-refractivity contribution < 1.29 is 4.79 Å². The molecule has 18 heavy (non-hydrogen) atoms. The molecule has 2 nitrogen and oxygen atoms in total. The van der Waals surface area contributed by atoms with Crippen LogP contribution >= 0.6 is 0 Å². The molecular weight excluding hydrogens is 242 g/mol. The normalized spacial score (nSPS) is 12.6. The minimum absolute atomic E-state index is 0.0365. The number of allylic oxidation sites excluding steroid dienone is 1. The number of rotatable bonds is 7. The molecule has 106 valence electrons. The van der Waals surface area contributed by atoms with Crippen molar-refractivity contribution in [1.82, 2.24) is 0 Å². The number of hydrogen-bond donors (Lipinski definition) is 0. The molecule has 0 atom stereocenters. The second-order valence-electron chi connectivity index (χ2n) is 5.75. The molecule has 0 saturated carbocycles. The van der Waals surface area contributed by atoms with Gasteiger partial charge in [0.25, 0.3) is 5.91 Å². The van der Waals surface area contributed by atoms with E-state index in [9.17, 15) is 4.79 Å². The third-order valence-corrected chi connectivity index (χ3v) is 4.83. The maximum absolute atomic E-state index is 11.9. The third kappa shape index (κ3) is 9.58. The van der Waals surface area contributed by atoms with E-state index < -0.39 is 0 Å². The molecule has 0 N–H and O–H groups in total. The van der Waals surface area contributed by atoms with E-state index in [1.54, 1.807) is 6.08 Å². The third-order valence-electron chi connectivity index (χ3n) is 2.28. The highest BCUT2D eigenvalue weighted by Gasteiger charge is 2.06. The van der Waals surface area contributed by atoms with Crippen LogP contribution in [0.15, 0.2) is 16.0 Å². The lowest BCUT2D eigenvalue weighted by Crippen LogP contribution is -2.13. The first-order valence-electron chi connectivity index (χ1n) is 6.95. The zero-order chi connectivity index (χ0) is 14.1. The molecule has 0 fully saturated rings. The Kier molecular flexibility index (Phi) is 9.25. The van der Waals surface area contributed by atoms with E-state index in [2.05, 4.69) is 39.0 Å². The summed E-state index contributed by atoms with van der Waals surface area (Å²) in [6.45, 7) is 12.9. The molecule has 0 aliphatic carbocycles. The van der Waals surface area contributed by atoms with E-state index in [1.165, 1.54) is 0 Å². The SMILES string of the molecule is CCC/C(C)=C/C(=O)N=S(CC(C)C)CC(C)C. The summed E-state index contributed by atoms with van der Waals surface area (Å²) in [4.78, 5) is 11.9. The molecule has 0 aromatic rings. The van der Waals surface area contributed by atoms with Crippen molar-refractivity contribution >= 4 is 16.6 Å². The van der Waals surface area contributed by atoms with Crippen molar-refractivity contribution in [3.8, 4) is 0 Å². The minimum atomic E-state index is -0.104. The summed E-state index contributed by atoms with van der Waals surface area (Å²) in [6, 6.07) is 0. The van der Waals surface area contributed by atoms with E-state index in [1.807, 2.05) is 6.92 Å². The Morgan fingerprint density at radius 3 is 2.06 bits per heavy atom. The second-order valence-corrected chi connectivity index (χ2v) is 7.53. The van der Waals surface area contributed by atoms with Gasteiger partial charge in [-0.05, 0) is 25.2 Å². The highest BCUT2D eigenvalue weighted by molar-refractivity contribution is 7.87. The molecular formula is C15H29NOS. The van der Waals surface area contributed by atoms with Gasteiger partial charge in [-0.3, -0.25) is 4.79 Å². The highest BCUT2D eigenvalue weighted by atomic mass is 32.2. The number of hydrogen-bond acceptors (Lipinski definition) is 1. The molecule has 1 amide bonds. The highest BCUT2D eigenvalue weighted by Crippen LogP contribution is 2.07. The average molecular weight is 271 g/mol. The number of carbonyl (C=O) groups excluding carboxylic acids is 1. The predicted molar refractivity (Wildman–Crippen MR) is 82.9 cm³/mol. The first-order chi connectivity index (χ1) is 8.35. The monoisotopic (exact) mass is 271 g/mol. The van der Waals surface area contributed by atoms with Gasteiger partial charge < -0.3 is 0 Å². The largest absolute Gasteiger partial charge is 0.275 e. The Hall–Kier alpha value is -0.440. The minimum Gasteiger partial charge on any atom is -0.267 e. The topological polar surface area (TPSA) is 29.4 Å². The van der Waals surface area contributed by atoms with Crippen molar-refractivity contribution in [3.05, 3.63) is 11.6 Å². The molecule has 3 heteroatoms. The van der Waals surface area contributed by atoms with Gasteiger partial charge >= 0.3 is 0 Å². The van der Waals surface area contributed by atoms with Crippen LogP contribution in [0.3, 0.4) is 0 Å². The fraction of sp³-hybridized carbons (Fsp3) is 0.800. The lowest BCUT2D eigenvalue weighted by molar-refractivity contribution is -0.113. The van der Waals surface area contributed by atoms with Crippen molar-refractivity contribution in [2.45, 2.75) is 54.4 Å². The van der Waals surface area contributed by atoms with Crippen molar-refractivity contribution in [2.75, 3.05) is 11.5 Å². The molecule has 0 rings (SSSR count). The Labute approximate surface area is 115 Å². The Balaban J connectivity index is 4.71. The zero-order valence-electron chi connectivity index (χ0n) is 12.8. The summed E-state index contributed by atoms with van der Waals surface area (Å²) in [5.41, 5.74) is 1.14. The molecule has 0 aliphatic rings. The maximum Gasteiger partial charge on any atom is 0.275 e. The Morgan fingerprint density at radius 1 is 1.17 bits per heavy atom. The van der Waals surface area contributed by atoms with Crippen molar-refractivity contribution in [3.63, 3.8) is 0 Å². The first kappa shape index (κ1) is 17.6. The molecule has 0 bridgehead atoms. The van der Waals surface area contributed by atoms with E-state index in [-0.39, 0.29) is 16.6 Å². The summed E-state index contributed by atoms with van der Waals surface area (Å²) < 4.78 is 4.39. The van der Waals surface area contributed by atoms with Gasteiger partial charge in [-0.25, -0.2) is 0 Å². The first-order valence-corrected chi connectivity index (χ1v) is 8.47. The van der Waals surface area contributed by atoms with Crippen LogP contribution in [0.1, 0.15) is 54.4 Å². The smallest absolute Gasteiger partial charge is 0.267 e. The second kappa shape index (κ2) is 9.48. The number of nitrogens with zero attached hydrogens (tertiary/aromatic N) is 1. The molecule has 0 aliphatic heterocycles. The molecule has 0 aromatic heterocycles. The van der Waals surface area contributed by atoms with Crippen LogP contribution in [0.25, 0.3) is 0 Å². The fourth-order valence-corrected chi connectivity index (χ4v) is 3.87. The van der Waals surface area contributed by atoms with Crippen LogP contribution in [0.2, 0.25) is 0 Å². The van der Waals surface area contributed by atoms with Gasteiger partial charge in [0.05, 0.1) is 0 Å². The number of carbonyl (C=O) groups is 1. The van der Waals surface area contributed by atoms with Gasteiger partial charge in [-0.1, -0.05) is 57.3 Å². The van der Waals surface area contributed by atoms with Crippen molar-refractivity contribution in [1.29, 1.82) is 0 Å². The van der Waals surface area contributed by atoms with Crippen LogP contribution in [-0.2, 0) is 15.5 Å². The van der Waals surface area contributed by atoms with Crippen LogP contribution in [0.4, 0.5) is 0 Å². The van der Waals surface area contributed by atoms with Crippen LogP contribution in [0.5, 0.6) is 0 Å². The van der Waals surface area contributed by atoms with Crippen LogP contribution in [0, 0.1) is 11.8 Å². The van der Waals surface area contributed by atoms with E-state index >= 15 is 0 Å². The van der Waals surface area contributed by atoms with Crippen LogP contribution in [-0.4, -0.2) is 17.4 Å². The molecule has 0 saturated heterocycles. The average Bonchev–Trinajstić information content (AvgIpc) is 2.14. The standard InChI is InChI=1S/C15H29NOS/c1-7-8-14(6)9-15(17)16-18(10-12(2)3)11-13(4)5/h9,12-13H,7-8,10-11H2,1-6H3/b14-9+. The fourth-order valence-electron chi connectivity index (χ4n) is 1.74. The molecule has 0 radical (unpaired) electrons. The van der Waals surface area contributed by atoms with E-state index in [0.29, 0.717) is 11.8 Å². The molecule has 0 spiro atoms. The lowest BCUT2D eigenvalue weighted by Gasteiger charge is -2.12. The zero-order valence-corrected chi connectivity index (χ0v) is 13.6. The maximum atomic E-state index is 11.9. The summed E-state index contributed by atoms with van der Waals surface area (Å²) in [7, 11) is -0.104. The van der Waals surface area contributed by atoms with Gasteiger partial charge in [0, 0.05) is 17.6 Å². The lowest BCUT2D eigenvalue weighted by atomic mass is 10.2. The number of amides is 1. The molecule has 0 unspecified atom stereocenters. The Morgan fingerprint density at radius 2 is 1.67 bits per heavy atom. The van der Waals surface area contributed by atoms with E-state index in [0.717, 1.165) is 29.9 Å². The van der Waals surface area contributed by atoms with E-state index in [4.69, 9.17) is 0 Å². The van der Waals surface area contributed by atoms with Gasteiger partial charge in [-0.15, -0.1) is 0 Å². The quantitative estimate of drug-likeness (QED) is 0.632. The Bertz CT molecular complexity index is 304. The van der Waals surface area contributed by atoms with Crippen LogP contribution < -0.4 is 0 Å². The van der Waals surface area contributed by atoms with Gasteiger partial charge in [-0.2, -0.15) is 4.36 Å². The van der Waals surface area contributed by atoms with Crippen molar-refractivity contribution in [2.24, 2.45) is 16.2 Å². The predicted octanol–water partition coefficient (Wildman–Crippen LogP) is 4.37. The molecule has 0 aromatic carbocycles. The van der Waals surface area contributed by atoms with Gasteiger partial charge in [0.15, 0.2) is 0 Å². The molecule has 0 heterocycles. The summed E-state index contributed by atoms with van der Waals surface area (Å²) >= 11 is 0. The summed E-state index contributed by atoms with van der Waals surface area (Å²) in [5.74, 6) is 3.23. The van der Waals surface area contributed by atoms with Gasteiger partial charge in [0.1, 0.15) is 0 Å². The summed E-state index contributed by atoms with van der Waals surface area (Å²) in [5, 5.41) is 0. The summed E-state index contributed by atoms with van der Waals surface area (Å²) in [6.07, 6.45) is 3.78. The van der Waals surface area contributed by atoms with Gasteiger partial charge in [0.2, 0.25) is 0 Å².